The highest BCUT2D eigenvalue weighted by molar-refractivity contribution is 5.65. The number of hydrogen-bond donors (Lipinski definition) is 1. The summed E-state index contributed by atoms with van der Waals surface area (Å²) in [4.78, 5) is 4.38. The van der Waals surface area contributed by atoms with Crippen LogP contribution in [0, 0.1) is 0 Å². The van der Waals surface area contributed by atoms with Gasteiger partial charge in [-0.05, 0) is 36.9 Å². The van der Waals surface area contributed by atoms with E-state index in [1.54, 1.807) is 13.3 Å². The predicted octanol–water partition coefficient (Wildman–Crippen LogP) is 2.48. The minimum atomic E-state index is 0.815. The third kappa shape index (κ3) is 2.63. The van der Waals surface area contributed by atoms with Gasteiger partial charge in [0.25, 0.3) is 0 Å². The Hall–Kier alpha value is -1.87. The molecule has 0 amide bonds. The van der Waals surface area contributed by atoms with Crippen molar-refractivity contribution in [1.82, 2.24) is 10.3 Å². The largest absolute Gasteiger partial charge is 0.497 e. The second kappa shape index (κ2) is 5.46. The van der Waals surface area contributed by atoms with Crippen LogP contribution < -0.4 is 10.1 Å². The van der Waals surface area contributed by atoms with E-state index < -0.39 is 0 Å². The van der Waals surface area contributed by atoms with Crippen molar-refractivity contribution in [3.63, 3.8) is 0 Å². The molecule has 2 aromatic rings. The summed E-state index contributed by atoms with van der Waals surface area (Å²) in [5.74, 6) is 0.852. The number of benzene rings is 1. The average Bonchev–Trinajstić information content (AvgIpc) is 2.40. The lowest BCUT2D eigenvalue weighted by Gasteiger charge is -2.10. The molecule has 0 aliphatic heterocycles. The number of aromatic nitrogens is 1. The topological polar surface area (TPSA) is 34.1 Å². The Balaban J connectivity index is 2.48. The van der Waals surface area contributed by atoms with E-state index in [0.29, 0.717) is 0 Å². The van der Waals surface area contributed by atoms with Crippen molar-refractivity contribution in [2.75, 3.05) is 14.2 Å². The van der Waals surface area contributed by atoms with E-state index in [9.17, 15) is 0 Å². The maximum Gasteiger partial charge on any atom is 0.119 e. The Morgan fingerprint density at radius 3 is 2.76 bits per heavy atom. The van der Waals surface area contributed by atoms with Gasteiger partial charge in [-0.2, -0.15) is 0 Å². The fraction of sp³-hybridized carbons (Fsp3) is 0.214. The normalized spacial score (nSPS) is 10.2. The Morgan fingerprint density at radius 2 is 2.12 bits per heavy atom. The first-order chi connectivity index (χ1) is 8.35. The van der Waals surface area contributed by atoms with E-state index in [-0.39, 0.29) is 0 Å². The molecule has 1 aromatic heterocycles. The van der Waals surface area contributed by atoms with Gasteiger partial charge in [0, 0.05) is 18.3 Å². The summed E-state index contributed by atoms with van der Waals surface area (Å²) in [6, 6.07) is 12.0. The zero-order valence-electron chi connectivity index (χ0n) is 10.1. The molecule has 0 radical (unpaired) electrons. The van der Waals surface area contributed by atoms with Gasteiger partial charge in [0.1, 0.15) is 5.75 Å². The summed E-state index contributed by atoms with van der Waals surface area (Å²) in [6.45, 7) is 0.815. The quantitative estimate of drug-likeness (QED) is 0.873. The van der Waals surface area contributed by atoms with Crippen LogP contribution in [0.5, 0.6) is 5.75 Å². The molecule has 0 atom stereocenters. The van der Waals surface area contributed by atoms with E-state index >= 15 is 0 Å². The summed E-state index contributed by atoms with van der Waals surface area (Å²) in [5.41, 5.74) is 3.29. The standard InChI is InChI=1S/C14H16N2O/c1-15-10-11-6-7-12(17-2)9-13(11)14-5-3-4-8-16-14/h3-9,15H,10H2,1-2H3. The van der Waals surface area contributed by atoms with Crippen molar-refractivity contribution in [2.24, 2.45) is 0 Å². The van der Waals surface area contributed by atoms with Crippen LogP contribution >= 0.6 is 0 Å². The van der Waals surface area contributed by atoms with Gasteiger partial charge in [0.2, 0.25) is 0 Å². The van der Waals surface area contributed by atoms with Gasteiger partial charge in [0.15, 0.2) is 0 Å². The number of nitrogens with one attached hydrogen (secondary N) is 1. The number of hydrogen-bond acceptors (Lipinski definition) is 3. The highest BCUT2D eigenvalue weighted by Crippen LogP contribution is 2.26. The van der Waals surface area contributed by atoms with Gasteiger partial charge in [0.05, 0.1) is 12.8 Å². The first-order valence-corrected chi connectivity index (χ1v) is 5.58. The molecule has 1 heterocycles. The maximum absolute atomic E-state index is 5.26. The third-order valence-electron chi connectivity index (χ3n) is 2.63. The first kappa shape index (κ1) is 11.6. The van der Waals surface area contributed by atoms with Crippen LogP contribution in [0.15, 0.2) is 42.6 Å². The molecule has 1 aromatic carbocycles. The molecule has 3 heteroatoms. The molecule has 0 saturated heterocycles. The third-order valence-corrected chi connectivity index (χ3v) is 2.63. The molecule has 0 bridgehead atoms. The molecule has 0 saturated carbocycles. The Bertz CT molecular complexity index is 483. The van der Waals surface area contributed by atoms with Gasteiger partial charge in [-0.3, -0.25) is 4.98 Å². The monoisotopic (exact) mass is 228 g/mol. The molecular formula is C14H16N2O. The lowest BCUT2D eigenvalue weighted by atomic mass is 10.0. The second-order valence-electron chi connectivity index (χ2n) is 3.77. The van der Waals surface area contributed by atoms with Crippen LogP contribution in [0.1, 0.15) is 5.56 Å². The van der Waals surface area contributed by atoms with E-state index in [1.165, 1.54) is 5.56 Å². The van der Waals surface area contributed by atoms with E-state index in [4.69, 9.17) is 4.74 Å². The van der Waals surface area contributed by atoms with Crippen molar-refractivity contribution >= 4 is 0 Å². The van der Waals surface area contributed by atoms with Crippen LogP contribution in [0.2, 0.25) is 0 Å². The fourth-order valence-electron chi connectivity index (χ4n) is 1.79. The van der Waals surface area contributed by atoms with Gasteiger partial charge in [-0.25, -0.2) is 0 Å². The summed E-state index contributed by atoms with van der Waals surface area (Å²) in [6.07, 6.45) is 1.80. The van der Waals surface area contributed by atoms with Gasteiger partial charge in [-0.1, -0.05) is 12.1 Å². The number of nitrogens with zero attached hydrogens (tertiary/aromatic N) is 1. The summed E-state index contributed by atoms with van der Waals surface area (Å²) >= 11 is 0. The molecule has 0 fully saturated rings. The predicted molar refractivity (Wildman–Crippen MR) is 69.0 cm³/mol. The maximum atomic E-state index is 5.26. The lowest BCUT2D eigenvalue weighted by molar-refractivity contribution is 0.415. The van der Waals surface area contributed by atoms with Crippen molar-refractivity contribution in [3.8, 4) is 17.0 Å². The average molecular weight is 228 g/mol. The summed E-state index contributed by atoms with van der Waals surface area (Å²) < 4.78 is 5.26. The van der Waals surface area contributed by atoms with Crippen LogP contribution in [0.3, 0.4) is 0 Å². The molecule has 0 spiro atoms. The molecule has 3 nitrogen and oxygen atoms in total. The van der Waals surface area contributed by atoms with Crippen molar-refractivity contribution in [3.05, 3.63) is 48.2 Å². The zero-order chi connectivity index (χ0) is 12.1. The fourth-order valence-corrected chi connectivity index (χ4v) is 1.79. The number of methoxy groups -OCH3 is 1. The van der Waals surface area contributed by atoms with Crippen LogP contribution in [0.25, 0.3) is 11.3 Å². The Kier molecular flexibility index (Phi) is 3.73. The van der Waals surface area contributed by atoms with Crippen molar-refractivity contribution in [2.45, 2.75) is 6.54 Å². The molecule has 88 valence electrons. The Morgan fingerprint density at radius 1 is 1.24 bits per heavy atom. The molecule has 17 heavy (non-hydrogen) atoms. The number of rotatable bonds is 4. The molecule has 0 aliphatic rings. The minimum absolute atomic E-state index is 0.815. The highest BCUT2D eigenvalue weighted by atomic mass is 16.5. The first-order valence-electron chi connectivity index (χ1n) is 5.58. The number of pyridine rings is 1. The Labute approximate surface area is 101 Å². The van der Waals surface area contributed by atoms with E-state index in [2.05, 4.69) is 16.4 Å². The second-order valence-corrected chi connectivity index (χ2v) is 3.77. The van der Waals surface area contributed by atoms with Gasteiger partial charge < -0.3 is 10.1 Å². The van der Waals surface area contributed by atoms with Gasteiger partial charge >= 0.3 is 0 Å². The number of ether oxygens (including phenoxy) is 1. The van der Waals surface area contributed by atoms with Crippen molar-refractivity contribution in [1.29, 1.82) is 0 Å². The molecule has 0 unspecified atom stereocenters. The van der Waals surface area contributed by atoms with Gasteiger partial charge in [-0.15, -0.1) is 0 Å². The van der Waals surface area contributed by atoms with Crippen LogP contribution in [-0.4, -0.2) is 19.1 Å². The molecule has 1 N–H and O–H groups in total. The van der Waals surface area contributed by atoms with Crippen LogP contribution in [0.4, 0.5) is 0 Å². The van der Waals surface area contributed by atoms with E-state index in [1.807, 2.05) is 37.4 Å². The summed E-state index contributed by atoms with van der Waals surface area (Å²) in [5, 5.41) is 3.16. The highest BCUT2D eigenvalue weighted by Gasteiger charge is 2.07. The SMILES string of the molecule is CNCc1ccc(OC)cc1-c1ccccn1. The molecule has 2 rings (SSSR count). The summed E-state index contributed by atoms with van der Waals surface area (Å²) in [7, 11) is 3.61. The lowest BCUT2D eigenvalue weighted by Crippen LogP contribution is -2.06. The van der Waals surface area contributed by atoms with Crippen molar-refractivity contribution < 1.29 is 4.74 Å². The minimum Gasteiger partial charge on any atom is -0.497 e. The smallest absolute Gasteiger partial charge is 0.119 e. The molecule has 0 aliphatic carbocycles. The van der Waals surface area contributed by atoms with Crippen LogP contribution in [-0.2, 0) is 6.54 Å². The zero-order valence-corrected chi connectivity index (χ0v) is 10.1. The van der Waals surface area contributed by atoms with E-state index in [0.717, 1.165) is 23.6 Å². The molecular weight excluding hydrogens is 212 g/mol.